The molecule has 0 radical (unpaired) electrons. The molecule has 10 heteroatoms. The first kappa shape index (κ1) is 70.1. The lowest BCUT2D eigenvalue weighted by Gasteiger charge is -2.26. The molecular formula is C86H102N6O4. The van der Waals surface area contributed by atoms with E-state index >= 15 is 0 Å². The fraction of sp³-hybridized carbons (Fsp3) is 0.395. The fourth-order valence-corrected chi connectivity index (χ4v) is 12.7. The molecule has 5 heterocycles. The van der Waals surface area contributed by atoms with Gasteiger partial charge in [-0.05, 0) is 174 Å². The molecule has 500 valence electrons. The molecular weight excluding hydrogens is 1180 g/mol. The molecule has 0 saturated heterocycles. The van der Waals surface area contributed by atoms with Crippen molar-refractivity contribution in [2.75, 3.05) is 5.32 Å². The molecule has 0 spiro atoms. The third-order valence-corrected chi connectivity index (χ3v) is 18.9. The number of nitrogens with one attached hydrogen (secondary N) is 4. The minimum Gasteiger partial charge on any atom is -0.354 e. The molecule has 8 bridgehead atoms. The number of anilines is 1. The lowest BCUT2D eigenvalue weighted by atomic mass is 9.78. The molecule has 0 atom stereocenters. The number of carbonyl (C=O) groups excluding carboxylic acids is 4. The van der Waals surface area contributed by atoms with E-state index in [1.54, 1.807) is 0 Å². The normalized spacial score (nSPS) is 13.8. The van der Waals surface area contributed by atoms with Crippen LogP contribution in [0.1, 0.15) is 245 Å². The topological polar surface area (TPSA) is 150 Å². The molecule has 10 rings (SSSR count). The Kier molecular flexibility index (Phi) is 20.0. The van der Waals surface area contributed by atoms with Gasteiger partial charge >= 0.3 is 0 Å². The first-order chi connectivity index (χ1) is 45.0. The van der Waals surface area contributed by atoms with Crippen LogP contribution in [-0.4, -0.2) is 43.3 Å². The number of amides is 2. The number of aromatic nitrogens is 4. The molecule has 10 nitrogen and oxygen atoms in total. The largest absolute Gasteiger partial charge is 0.354 e. The Morgan fingerprint density at radius 2 is 0.635 bits per heavy atom. The van der Waals surface area contributed by atoms with Crippen LogP contribution in [0.15, 0.2) is 127 Å². The van der Waals surface area contributed by atoms with E-state index in [1.165, 1.54) is 51.6 Å². The molecule has 2 aliphatic heterocycles. The van der Waals surface area contributed by atoms with Crippen molar-refractivity contribution < 1.29 is 19.2 Å². The summed E-state index contributed by atoms with van der Waals surface area (Å²) in [4.78, 5) is 69.3. The predicted molar refractivity (Wildman–Crippen MR) is 403 cm³/mol. The second-order valence-corrected chi connectivity index (χ2v) is 33.1. The lowest BCUT2D eigenvalue weighted by molar-refractivity contribution is -0.122. The van der Waals surface area contributed by atoms with Gasteiger partial charge in [0.1, 0.15) is 0 Å². The lowest BCUT2D eigenvalue weighted by Crippen LogP contribution is -2.28. The summed E-state index contributed by atoms with van der Waals surface area (Å²) in [5.74, 6) is -0.940. The molecule has 96 heavy (non-hydrogen) atoms. The highest BCUT2D eigenvalue weighted by atomic mass is 16.2. The van der Waals surface area contributed by atoms with E-state index in [1.807, 2.05) is 12.1 Å². The second-order valence-electron chi connectivity index (χ2n) is 33.1. The van der Waals surface area contributed by atoms with Crippen LogP contribution in [0.3, 0.4) is 0 Å². The van der Waals surface area contributed by atoms with Gasteiger partial charge in [0.2, 0.25) is 17.6 Å². The number of carbonyl (C=O) groups is 4. The maximum absolute atomic E-state index is 13.6. The van der Waals surface area contributed by atoms with Crippen LogP contribution in [0.5, 0.6) is 0 Å². The number of hydrogen-bond acceptors (Lipinski definition) is 6. The van der Waals surface area contributed by atoms with Crippen molar-refractivity contribution >= 4 is 75.4 Å². The van der Waals surface area contributed by atoms with Gasteiger partial charge in [-0.15, -0.1) is 0 Å². The quantitative estimate of drug-likeness (QED) is 0.0527. The third kappa shape index (κ3) is 16.5. The van der Waals surface area contributed by atoms with Gasteiger partial charge in [-0.1, -0.05) is 230 Å². The number of unbranched alkanes of at least 4 members (excludes halogenated alkanes) is 7. The van der Waals surface area contributed by atoms with Gasteiger partial charge in [-0.25, -0.2) is 9.97 Å². The van der Waals surface area contributed by atoms with Crippen LogP contribution < -0.4 is 10.6 Å². The monoisotopic (exact) mass is 1280 g/mol. The van der Waals surface area contributed by atoms with E-state index in [0.717, 1.165) is 140 Å². The van der Waals surface area contributed by atoms with Crippen molar-refractivity contribution in [1.82, 2.24) is 25.3 Å². The predicted octanol–water partition coefficient (Wildman–Crippen LogP) is 21.7. The molecule has 2 amide bonds. The van der Waals surface area contributed by atoms with Gasteiger partial charge in [0.15, 0.2) is 5.78 Å². The van der Waals surface area contributed by atoms with E-state index in [2.05, 4.69) is 261 Å². The van der Waals surface area contributed by atoms with Gasteiger partial charge in [-0.2, -0.15) is 0 Å². The number of benzene rings is 4. The molecule has 4 N–H and O–H groups in total. The molecule has 7 aromatic rings. The molecule has 3 aromatic heterocycles. The van der Waals surface area contributed by atoms with Crippen molar-refractivity contribution in [3.63, 3.8) is 0 Å². The third-order valence-electron chi connectivity index (χ3n) is 18.9. The van der Waals surface area contributed by atoms with Gasteiger partial charge in [-0.3, -0.25) is 19.2 Å². The summed E-state index contributed by atoms with van der Waals surface area (Å²) >= 11 is 0. The van der Waals surface area contributed by atoms with Gasteiger partial charge in [0.05, 0.1) is 28.5 Å². The van der Waals surface area contributed by atoms with E-state index in [-0.39, 0.29) is 61.6 Å². The highest BCUT2D eigenvalue weighted by Crippen LogP contribution is 2.44. The number of aromatic amines is 2. The average molecular weight is 1280 g/mol. The number of allylic oxidation sites excluding steroid dienone is 3. The molecule has 0 unspecified atom stereocenters. The maximum atomic E-state index is 13.6. The number of fused-ring (bicyclic) bond motifs is 8. The minimum absolute atomic E-state index is 0.0168. The smallest absolute Gasteiger partial charge is 0.224 e. The Balaban J connectivity index is 1.08. The summed E-state index contributed by atoms with van der Waals surface area (Å²) in [6, 6.07) is 38.5. The highest BCUT2D eigenvalue weighted by Gasteiger charge is 2.28. The fourth-order valence-electron chi connectivity index (χ4n) is 12.7. The Hall–Kier alpha value is -8.76. The molecule has 3 aliphatic rings. The van der Waals surface area contributed by atoms with Crippen LogP contribution in [0, 0.1) is 0 Å². The van der Waals surface area contributed by atoms with Crippen molar-refractivity contribution in [1.29, 1.82) is 0 Å². The summed E-state index contributed by atoms with van der Waals surface area (Å²) in [5, 5.41) is 5.77. The molecule has 1 aliphatic carbocycles. The number of ketones is 2. The van der Waals surface area contributed by atoms with Crippen molar-refractivity contribution in [3.8, 4) is 44.5 Å². The van der Waals surface area contributed by atoms with Crippen molar-refractivity contribution in [3.05, 3.63) is 183 Å². The zero-order valence-corrected chi connectivity index (χ0v) is 60.5. The first-order valence-electron chi connectivity index (χ1n) is 34.8. The Morgan fingerprint density at radius 1 is 0.344 bits per heavy atom. The van der Waals surface area contributed by atoms with E-state index in [4.69, 9.17) is 9.97 Å². The Labute approximate surface area is 571 Å². The summed E-state index contributed by atoms with van der Waals surface area (Å²) < 4.78 is 0. The number of rotatable bonds is 17. The Morgan fingerprint density at radius 3 is 0.948 bits per heavy atom. The van der Waals surface area contributed by atoms with E-state index in [9.17, 15) is 19.2 Å². The van der Waals surface area contributed by atoms with Crippen LogP contribution in [0.25, 0.3) is 90.9 Å². The Bertz CT molecular complexity index is 4300. The van der Waals surface area contributed by atoms with Crippen LogP contribution in [0.2, 0.25) is 0 Å². The molecule has 4 aromatic carbocycles. The molecule has 0 saturated carbocycles. The zero-order valence-electron chi connectivity index (χ0n) is 60.5. The standard InChI is InChI=1S/C86H102N6O4/c1-81(2,3)57-43-54(44-58(49-57)82(4,5)6)78-67-36-34-65(88-67)77(53-29-31-63(32-30-53)87-75(95)27-25-23-21-19-20-22-24-26-28-76(96)92-73-52-64(93)33-42-74(73)94)66-35-37-68(89-66)79(55-45-59(83(7,8)9)50-60(46-55)84(10,11)12)70-39-41-72(91-70)80(71-40-38-69(78)90-71)56-47-61(85(13,14)15)51-62(48-56)86(16,17)18/h29-52,88,91H,19-28H2,1-18H3,(H,87,95)(H,92,96). The van der Waals surface area contributed by atoms with Gasteiger partial charge in [0, 0.05) is 68.9 Å². The minimum atomic E-state index is -0.364. The van der Waals surface area contributed by atoms with E-state index < -0.39 is 0 Å². The van der Waals surface area contributed by atoms with Crippen LogP contribution >= 0.6 is 0 Å². The summed E-state index contributed by atoms with van der Waals surface area (Å²) in [6.07, 6.45) is 20.5. The van der Waals surface area contributed by atoms with Gasteiger partial charge in [0.25, 0.3) is 0 Å². The summed E-state index contributed by atoms with van der Waals surface area (Å²) in [6.45, 7) is 41.3. The first-order valence-corrected chi connectivity index (χ1v) is 34.8. The SMILES string of the molecule is CC(C)(C)c1cc(-c2c3nc(c(-c4cc(C(C)(C)C)cc(C(C)(C)C)c4)c4ccc([nH]4)c(-c4cc(C(C)(C)C)cc(C(C)(C)C)c4)c4nc(c(-c5ccc(NC(=O)CCCCCCCCCCC(=O)NC6=CC(=O)C=CC6=O)cc5)c5ccc2[nH]5)C=C4)C=C3)cc(C(C)(C)C)c1. The van der Waals surface area contributed by atoms with Gasteiger partial charge < -0.3 is 20.6 Å². The average Bonchev–Trinajstić information content (AvgIpc) is 1.50. The number of H-pyrrole nitrogens is 2. The maximum Gasteiger partial charge on any atom is 0.224 e. The number of hydrogen-bond donors (Lipinski definition) is 4. The summed E-state index contributed by atoms with van der Waals surface area (Å²) in [7, 11) is 0. The van der Waals surface area contributed by atoms with Crippen molar-refractivity contribution in [2.24, 2.45) is 0 Å². The van der Waals surface area contributed by atoms with E-state index in [0.29, 0.717) is 19.3 Å². The summed E-state index contributed by atoms with van der Waals surface area (Å²) in [5.41, 5.74) is 22.8. The zero-order chi connectivity index (χ0) is 69.5. The van der Waals surface area contributed by atoms with Crippen LogP contribution in [0.4, 0.5) is 5.69 Å². The highest BCUT2D eigenvalue weighted by molar-refractivity contribution is 6.18. The molecule has 0 fully saturated rings. The van der Waals surface area contributed by atoms with Crippen molar-refractivity contribution in [2.45, 2.75) is 221 Å². The second kappa shape index (κ2) is 27.4. The number of nitrogens with zero attached hydrogens (tertiary/aromatic N) is 2. The van der Waals surface area contributed by atoms with Crippen LogP contribution in [-0.2, 0) is 51.7 Å².